The summed E-state index contributed by atoms with van der Waals surface area (Å²) in [6.07, 6.45) is -0.670. The molecule has 1 aliphatic heterocycles. The minimum absolute atomic E-state index is 0. The molecule has 176 valence electrons. The zero-order chi connectivity index (χ0) is 22.7. The average molecular weight is 473 g/mol. The number of carbonyl (C=O) groups excluding carboxylic acids is 1. The van der Waals surface area contributed by atoms with E-state index in [1.807, 2.05) is 54.3 Å². The number of halogens is 1. The third kappa shape index (κ3) is 5.74. The molecule has 1 aliphatic rings. The summed E-state index contributed by atoms with van der Waals surface area (Å²) in [4.78, 5) is 27.6. The van der Waals surface area contributed by atoms with Crippen LogP contribution in [0.2, 0.25) is 0 Å². The van der Waals surface area contributed by atoms with Gasteiger partial charge in [-0.05, 0) is 30.2 Å². The molecule has 3 aromatic rings. The molecule has 1 atom stereocenters. The fourth-order valence-electron chi connectivity index (χ4n) is 4.14. The van der Waals surface area contributed by atoms with Crippen LogP contribution in [0.3, 0.4) is 0 Å². The molecule has 1 aromatic heterocycles. The first-order chi connectivity index (χ1) is 15.4. The number of aliphatic hydroxyl groups is 1. The van der Waals surface area contributed by atoms with E-state index < -0.39 is 11.7 Å². The van der Waals surface area contributed by atoms with E-state index in [2.05, 4.69) is 4.90 Å². The lowest BCUT2D eigenvalue weighted by Crippen LogP contribution is -2.50. The fourth-order valence-corrected chi connectivity index (χ4v) is 4.14. The van der Waals surface area contributed by atoms with Crippen molar-refractivity contribution >= 4 is 29.3 Å². The second-order valence-corrected chi connectivity index (χ2v) is 8.18. The highest BCUT2D eigenvalue weighted by Gasteiger charge is 2.21. The number of hydrogen-bond acceptors (Lipinski definition) is 6. The lowest BCUT2D eigenvalue weighted by molar-refractivity contribution is -0.130. The molecule has 1 saturated heterocycles. The number of aliphatic hydroxyl groups excluding tert-OH is 1. The summed E-state index contributed by atoms with van der Waals surface area (Å²) in [6.45, 7) is 6.86. The van der Waals surface area contributed by atoms with Crippen LogP contribution in [-0.2, 0) is 4.79 Å². The van der Waals surface area contributed by atoms with Crippen LogP contribution in [0.5, 0.6) is 5.75 Å². The topological polar surface area (TPSA) is 83.2 Å². The van der Waals surface area contributed by atoms with E-state index in [9.17, 15) is 14.7 Å². The van der Waals surface area contributed by atoms with Crippen molar-refractivity contribution in [3.63, 3.8) is 0 Å². The minimum atomic E-state index is -0.670. The van der Waals surface area contributed by atoms with Crippen molar-refractivity contribution in [3.05, 3.63) is 64.5 Å². The van der Waals surface area contributed by atoms with E-state index in [0.717, 1.165) is 35.2 Å². The largest absolute Gasteiger partial charge is 0.490 e. The van der Waals surface area contributed by atoms with Crippen molar-refractivity contribution in [2.24, 2.45) is 0 Å². The Balaban J connectivity index is 0.00000306. The van der Waals surface area contributed by atoms with Gasteiger partial charge in [-0.25, -0.2) is 4.79 Å². The molecule has 1 unspecified atom stereocenters. The van der Waals surface area contributed by atoms with Gasteiger partial charge in [-0.3, -0.25) is 9.69 Å². The normalized spacial score (nSPS) is 15.2. The zero-order valence-electron chi connectivity index (χ0n) is 18.8. The third-order valence-corrected chi connectivity index (χ3v) is 5.91. The Hall–Kier alpha value is -2.87. The van der Waals surface area contributed by atoms with Gasteiger partial charge in [-0.15, -0.1) is 12.4 Å². The minimum Gasteiger partial charge on any atom is -0.490 e. The number of aryl methyl sites for hydroxylation is 1. The summed E-state index contributed by atoms with van der Waals surface area (Å²) in [5.41, 5.74) is 2.56. The van der Waals surface area contributed by atoms with Gasteiger partial charge in [-0.1, -0.05) is 30.3 Å². The maximum atomic E-state index is 12.2. The predicted molar refractivity (Wildman–Crippen MR) is 130 cm³/mol. The van der Waals surface area contributed by atoms with Crippen molar-refractivity contribution < 1.29 is 19.1 Å². The zero-order valence-corrected chi connectivity index (χ0v) is 19.6. The first kappa shape index (κ1) is 24.8. The van der Waals surface area contributed by atoms with Crippen molar-refractivity contribution in [2.75, 3.05) is 39.3 Å². The van der Waals surface area contributed by atoms with Crippen LogP contribution in [0.1, 0.15) is 12.5 Å². The second kappa shape index (κ2) is 10.8. The molecule has 8 heteroatoms. The number of fused-ring (bicyclic) bond motifs is 1. The van der Waals surface area contributed by atoms with E-state index in [1.54, 1.807) is 6.92 Å². The van der Waals surface area contributed by atoms with E-state index in [0.29, 0.717) is 31.0 Å². The smallest absolute Gasteiger partial charge is 0.336 e. The molecule has 1 fully saturated rings. The highest BCUT2D eigenvalue weighted by molar-refractivity contribution is 5.95. The van der Waals surface area contributed by atoms with Gasteiger partial charge in [0.1, 0.15) is 24.0 Å². The summed E-state index contributed by atoms with van der Waals surface area (Å²) < 4.78 is 11.4. The molecule has 1 N–H and O–H groups in total. The Morgan fingerprint density at radius 1 is 1.12 bits per heavy atom. The van der Waals surface area contributed by atoms with Crippen LogP contribution >= 0.6 is 12.4 Å². The molecular formula is C25H29ClN2O5. The molecule has 7 nitrogen and oxygen atoms in total. The number of piperazine rings is 1. The van der Waals surface area contributed by atoms with E-state index >= 15 is 0 Å². The number of hydrogen-bond donors (Lipinski definition) is 1. The Bertz CT molecular complexity index is 1160. The molecule has 33 heavy (non-hydrogen) atoms. The fraction of sp³-hybridized carbons (Fsp3) is 0.360. The predicted octanol–water partition coefficient (Wildman–Crippen LogP) is 3.09. The molecule has 0 saturated carbocycles. The van der Waals surface area contributed by atoms with Crippen LogP contribution in [0.15, 0.2) is 57.7 Å². The number of carbonyl (C=O) groups is 1. The second-order valence-electron chi connectivity index (χ2n) is 8.18. The van der Waals surface area contributed by atoms with Gasteiger partial charge >= 0.3 is 5.63 Å². The Morgan fingerprint density at radius 2 is 1.82 bits per heavy atom. The van der Waals surface area contributed by atoms with Gasteiger partial charge in [0.05, 0.1) is 0 Å². The maximum absolute atomic E-state index is 12.2. The van der Waals surface area contributed by atoms with Gasteiger partial charge < -0.3 is 19.2 Å². The van der Waals surface area contributed by atoms with E-state index in [1.165, 1.54) is 6.07 Å². The lowest BCUT2D eigenvalue weighted by atomic mass is 10.0. The maximum Gasteiger partial charge on any atom is 0.336 e. The van der Waals surface area contributed by atoms with Gasteiger partial charge in [-0.2, -0.15) is 0 Å². The molecule has 0 aliphatic carbocycles. The van der Waals surface area contributed by atoms with Crippen molar-refractivity contribution in [1.29, 1.82) is 0 Å². The molecule has 2 heterocycles. The molecular weight excluding hydrogens is 444 g/mol. The van der Waals surface area contributed by atoms with E-state index in [4.69, 9.17) is 9.15 Å². The highest BCUT2D eigenvalue weighted by atomic mass is 35.5. The summed E-state index contributed by atoms with van der Waals surface area (Å²) >= 11 is 0. The van der Waals surface area contributed by atoms with Crippen LogP contribution in [0.25, 0.3) is 22.1 Å². The van der Waals surface area contributed by atoms with Gasteiger partial charge in [0.15, 0.2) is 0 Å². The van der Waals surface area contributed by atoms with Crippen molar-refractivity contribution in [1.82, 2.24) is 9.80 Å². The SMILES string of the molecule is CC(=O)N1CCN(CC(O)COc2ccc3c(-c4ccccc4)cc(=O)oc3c2C)CC1.Cl. The lowest BCUT2D eigenvalue weighted by Gasteiger charge is -2.35. The van der Waals surface area contributed by atoms with Crippen LogP contribution < -0.4 is 10.4 Å². The van der Waals surface area contributed by atoms with Gasteiger partial charge in [0.2, 0.25) is 5.91 Å². The molecule has 0 bridgehead atoms. The summed E-state index contributed by atoms with van der Waals surface area (Å²) in [5, 5.41) is 11.3. The molecule has 0 radical (unpaired) electrons. The van der Waals surface area contributed by atoms with Crippen molar-refractivity contribution in [2.45, 2.75) is 20.0 Å². The number of β-amino-alcohol motifs (C(OH)–C–C–N with tert-alkyl or cyclic N) is 1. The third-order valence-electron chi connectivity index (χ3n) is 5.91. The van der Waals surface area contributed by atoms with Gasteiger partial charge in [0.25, 0.3) is 0 Å². The Kier molecular flexibility index (Phi) is 8.13. The Morgan fingerprint density at radius 3 is 2.48 bits per heavy atom. The van der Waals surface area contributed by atoms with E-state index in [-0.39, 0.29) is 24.9 Å². The standard InChI is InChI=1S/C25H28N2O5.ClH/c1-17-23(31-16-20(29)15-26-10-12-27(13-11-26)18(2)28)9-8-21-22(14-24(30)32-25(17)21)19-6-4-3-5-7-19;/h3-9,14,20,29H,10-13,15-16H2,1-2H3;1H. The number of benzene rings is 2. The highest BCUT2D eigenvalue weighted by Crippen LogP contribution is 2.33. The molecule has 0 spiro atoms. The monoisotopic (exact) mass is 472 g/mol. The number of nitrogens with zero attached hydrogens (tertiary/aromatic N) is 2. The molecule has 1 amide bonds. The van der Waals surface area contributed by atoms with Crippen molar-refractivity contribution in [3.8, 4) is 16.9 Å². The molecule has 4 rings (SSSR count). The Labute approximate surface area is 199 Å². The van der Waals surface area contributed by atoms with Crippen LogP contribution in [0.4, 0.5) is 0 Å². The summed E-state index contributed by atoms with van der Waals surface area (Å²) in [7, 11) is 0. The number of rotatable bonds is 6. The van der Waals surface area contributed by atoms with Gasteiger partial charge in [0, 0.05) is 56.7 Å². The number of ether oxygens (including phenoxy) is 1. The summed E-state index contributed by atoms with van der Waals surface area (Å²) in [5.74, 6) is 0.661. The van der Waals surface area contributed by atoms with Crippen LogP contribution in [-0.4, -0.2) is 66.2 Å². The van der Waals surface area contributed by atoms with Crippen LogP contribution in [0, 0.1) is 6.92 Å². The first-order valence-corrected chi connectivity index (χ1v) is 10.8. The average Bonchev–Trinajstić information content (AvgIpc) is 2.79. The number of amides is 1. The molecule has 2 aromatic carbocycles. The summed E-state index contributed by atoms with van der Waals surface area (Å²) in [6, 6.07) is 15.0. The first-order valence-electron chi connectivity index (χ1n) is 10.8. The quantitative estimate of drug-likeness (QED) is 0.555.